The van der Waals surface area contributed by atoms with Crippen LogP contribution in [0.4, 0.5) is 4.79 Å². The molecule has 1 aliphatic carbocycles. The van der Waals surface area contributed by atoms with Crippen molar-refractivity contribution in [1.82, 2.24) is 15.5 Å². The molecule has 1 aromatic carbocycles. The van der Waals surface area contributed by atoms with E-state index in [2.05, 4.69) is 10.6 Å². The van der Waals surface area contributed by atoms with Crippen LogP contribution in [-0.4, -0.2) is 52.4 Å². The van der Waals surface area contributed by atoms with Crippen LogP contribution in [0.15, 0.2) is 24.3 Å². The van der Waals surface area contributed by atoms with Gasteiger partial charge in [-0.15, -0.1) is 0 Å². The highest BCUT2D eigenvalue weighted by atomic mass is 16.6. The molecular formula is C25H38N4O5. The minimum Gasteiger partial charge on any atom is -0.444 e. The summed E-state index contributed by atoms with van der Waals surface area (Å²) in [7, 11) is 0. The molecule has 4 unspecified atom stereocenters. The molecule has 0 aromatic heterocycles. The van der Waals surface area contributed by atoms with Crippen molar-refractivity contribution >= 4 is 23.8 Å². The zero-order chi connectivity index (χ0) is 25.8. The third kappa shape index (κ3) is 7.74. The summed E-state index contributed by atoms with van der Waals surface area (Å²) in [6.07, 6.45) is -0.546. The zero-order valence-corrected chi connectivity index (χ0v) is 21.2. The second-order valence-corrected chi connectivity index (χ2v) is 10.4. The Kier molecular flexibility index (Phi) is 8.69. The van der Waals surface area contributed by atoms with Gasteiger partial charge in [-0.1, -0.05) is 36.8 Å². The number of carbonyl (C=O) groups is 4. The third-order valence-corrected chi connectivity index (χ3v) is 5.42. The Morgan fingerprint density at radius 1 is 1.12 bits per heavy atom. The Morgan fingerprint density at radius 2 is 1.68 bits per heavy atom. The van der Waals surface area contributed by atoms with Gasteiger partial charge in [-0.2, -0.15) is 0 Å². The molecule has 1 saturated carbocycles. The zero-order valence-electron chi connectivity index (χ0n) is 21.2. The first kappa shape index (κ1) is 27.1. The molecule has 4 atom stereocenters. The van der Waals surface area contributed by atoms with Crippen molar-refractivity contribution in [3.05, 3.63) is 35.4 Å². The number of nitrogens with two attached hydrogens (primary N) is 1. The van der Waals surface area contributed by atoms with E-state index in [9.17, 15) is 19.2 Å². The van der Waals surface area contributed by atoms with Crippen LogP contribution in [0.1, 0.15) is 71.6 Å². The lowest BCUT2D eigenvalue weighted by Crippen LogP contribution is -2.55. The third-order valence-electron chi connectivity index (χ3n) is 5.42. The quantitative estimate of drug-likeness (QED) is 0.506. The summed E-state index contributed by atoms with van der Waals surface area (Å²) in [5, 5.41) is 5.40. The standard InChI is InChI=1S/C25H38N4O5/c1-14(2)27-22(31)21(17-10-8-15(3)9-11-17)29(19-12-16(19)4)23(32)18(13-20(26)30)28-24(33)34-25(5,6)7/h8-11,14,16,18-19,21H,12-13H2,1-7H3,(H2,26,30)(H,27,31)(H,28,33). The monoisotopic (exact) mass is 474 g/mol. The molecule has 9 heteroatoms. The number of ether oxygens (including phenoxy) is 1. The number of carbonyl (C=O) groups excluding carboxylic acids is 4. The lowest BCUT2D eigenvalue weighted by atomic mass is 10.00. The first-order valence-corrected chi connectivity index (χ1v) is 11.7. The second kappa shape index (κ2) is 10.9. The molecule has 0 radical (unpaired) electrons. The minimum atomic E-state index is -1.26. The molecule has 34 heavy (non-hydrogen) atoms. The van der Waals surface area contributed by atoms with E-state index in [1.54, 1.807) is 20.8 Å². The lowest BCUT2D eigenvalue weighted by molar-refractivity contribution is -0.144. The number of benzene rings is 1. The number of rotatable bonds is 9. The maximum Gasteiger partial charge on any atom is 0.408 e. The number of nitrogens with zero attached hydrogens (tertiary/aromatic N) is 1. The molecule has 1 aliphatic rings. The van der Waals surface area contributed by atoms with E-state index in [1.807, 2.05) is 52.0 Å². The number of hydrogen-bond acceptors (Lipinski definition) is 5. The van der Waals surface area contributed by atoms with Crippen molar-refractivity contribution in [1.29, 1.82) is 0 Å². The molecule has 1 fully saturated rings. The Morgan fingerprint density at radius 3 is 2.12 bits per heavy atom. The number of amides is 4. The van der Waals surface area contributed by atoms with Gasteiger partial charge in [0.05, 0.1) is 6.42 Å². The number of aryl methyl sites for hydroxylation is 1. The maximum atomic E-state index is 13.8. The fourth-order valence-corrected chi connectivity index (χ4v) is 3.75. The van der Waals surface area contributed by atoms with Gasteiger partial charge in [0.1, 0.15) is 17.7 Å². The Labute approximate surface area is 201 Å². The van der Waals surface area contributed by atoms with Gasteiger partial charge in [-0.3, -0.25) is 14.4 Å². The molecule has 0 aliphatic heterocycles. The molecule has 188 valence electrons. The Bertz CT molecular complexity index is 907. The fourth-order valence-electron chi connectivity index (χ4n) is 3.75. The van der Waals surface area contributed by atoms with Crippen LogP contribution in [0.5, 0.6) is 0 Å². The van der Waals surface area contributed by atoms with E-state index in [0.717, 1.165) is 5.56 Å². The van der Waals surface area contributed by atoms with E-state index in [4.69, 9.17) is 10.5 Å². The van der Waals surface area contributed by atoms with Crippen LogP contribution in [-0.2, 0) is 19.1 Å². The van der Waals surface area contributed by atoms with Gasteiger partial charge in [0.25, 0.3) is 0 Å². The molecule has 0 bridgehead atoms. The SMILES string of the molecule is Cc1ccc(C(C(=O)NC(C)C)N(C(=O)C(CC(N)=O)NC(=O)OC(C)(C)C)C2CC2C)cc1. The molecule has 0 saturated heterocycles. The molecular weight excluding hydrogens is 436 g/mol. The summed E-state index contributed by atoms with van der Waals surface area (Å²) >= 11 is 0. The van der Waals surface area contributed by atoms with Crippen molar-refractivity contribution in [3.8, 4) is 0 Å². The molecule has 2 rings (SSSR count). The van der Waals surface area contributed by atoms with E-state index in [0.29, 0.717) is 12.0 Å². The molecule has 9 nitrogen and oxygen atoms in total. The van der Waals surface area contributed by atoms with E-state index in [-0.39, 0.29) is 23.9 Å². The Hall–Kier alpha value is -3.10. The number of primary amides is 1. The van der Waals surface area contributed by atoms with Gasteiger partial charge in [0, 0.05) is 12.1 Å². The van der Waals surface area contributed by atoms with Crippen molar-refractivity contribution < 1.29 is 23.9 Å². The average Bonchev–Trinajstić information content (AvgIpc) is 3.39. The van der Waals surface area contributed by atoms with Crippen LogP contribution in [0.3, 0.4) is 0 Å². The largest absolute Gasteiger partial charge is 0.444 e. The molecule has 4 amide bonds. The fraction of sp³-hybridized carbons (Fsp3) is 0.600. The van der Waals surface area contributed by atoms with Crippen molar-refractivity contribution in [2.24, 2.45) is 11.7 Å². The number of nitrogens with one attached hydrogen (secondary N) is 2. The van der Waals surface area contributed by atoms with E-state index >= 15 is 0 Å². The smallest absolute Gasteiger partial charge is 0.408 e. The average molecular weight is 475 g/mol. The van der Waals surface area contributed by atoms with Gasteiger partial charge >= 0.3 is 6.09 Å². The molecule has 4 N–H and O–H groups in total. The summed E-state index contributed by atoms with van der Waals surface area (Å²) in [5.41, 5.74) is 6.27. The predicted octanol–water partition coefficient (Wildman–Crippen LogP) is 2.57. The number of alkyl carbamates (subject to hydrolysis) is 1. The van der Waals surface area contributed by atoms with Crippen molar-refractivity contribution in [2.75, 3.05) is 0 Å². The van der Waals surface area contributed by atoms with E-state index in [1.165, 1.54) is 4.90 Å². The maximum absolute atomic E-state index is 13.8. The summed E-state index contributed by atoms with van der Waals surface area (Å²) < 4.78 is 5.28. The molecule has 1 aromatic rings. The highest BCUT2D eigenvalue weighted by Gasteiger charge is 2.48. The Balaban J connectivity index is 2.47. The first-order valence-electron chi connectivity index (χ1n) is 11.7. The summed E-state index contributed by atoms with van der Waals surface area (Å²) in [5.74, 6) is -1.47. The predicted molar refractivity (Wildman–Crippen MR) is 129 cm³/mol. The summed E-state index contributed by atoms with van der Waals surface area (Å²) in [4.78, 5) is 53.0. The van der Waals surface area contributed by atoms with Crippen LogP contribution >= 0.6 is 0 Å². The number of hydrogen-bond donors (Lipinski definition) is 3. The van der Waals surface area contributed by atoms with Crippen LogP contribution in [0.25, 0.3) is 0 Å². The van der Waals surface area contributed by atoms with Crippen LogP contribution in [0, 0.1) is 12.8 Å². The van der Waals surface area contributed by atoms with E-state index < -0.39 is 42.0 Å². The normalized spacial score (nSPS) is 19.1. The second-order valence-electron chi connectivity index (χ2n) is 10.4. The highest BCUT2D eigenvalue weighted by molar-refractivity contribution is 5.95. The van der Waals surface area contributed by atoms with Crippen molar-refractivity contribution in [2.45, 2.75) is 91.1 Å². The first-order chi connectivity index (χ1) is 15.7. The highest BCUT2D eigenvalue weighted by Crippen LogP contribution is 2.41. The van der Waals surface area contributed by atoms with Crippen LogP contribution < -0.4 is 16.4 Å². The van der Waals surface area contributed by atoms with Gasteiger partial charge in [0.2, 0.25) is 17.7 Å². The summed E-state index contributed by atoms with van der Waals surface area (Å²) in [6.45, 7) is 12.7. The van der Waals surface area contributed by atoms with Gasteiger partial charge in [-0.05, 0) is 59.4 Å². The molecule has 0 heterocycles. The lowest BCUT2D eigenvalue weighted by Gasteiger charge is -2.35. The van der Waals surface area contributed by atoms with Gasteiger partial charge in [-0.25, -0.2) is 4.79 Å². The summed E-state index contributed by atoms with van der Waals surface area (Å²) in [6, 6.07) is 4.84. The van der Waals surface area contributed by atoms with Crippen LogP contribution in [0.2, 0.25) is 0 Å². The van der Waals surface area contributed by atoms with Gasteiger partial charge in [0.15, 0.2) is 0 Å². The minimum absolute atomic E-state index is 0.143. The topological polar surface area (TPSA) is 131 Å². The van der Waals surface area contributed by atoms with Crippen molar-refractivity contribution in [3.63, 3.8) is 0 Å². The molecule has 0 spiro atoms. The van der Waals surface area contributed by atoms with Gasteiger partial charge < -0.3 is 26.0 Å².